The Bertz CT molecular complexity index is 248. The number of benzene rings is 1. The van der Waals surface area contributed by atoms with E-state index in [2.05, 4.69) is 0 Å². The first-order valence-electron chi connectivity index (χ1n) is 2.89. The summed E-state index contributed by atoms with van der Waals surface area (Å²) in [6.45, 7) is 0. The Morgan fingerprint density at radius 1 is 1.27 bits per heavy atom. The van der Waals surface area contributed by atoms with E-state index in [1.807, 2.05) is 0 Å². The molecule has 0 fully saturated rings. The minimum atomic E-state index is -0.472. The van der Waals surface area contributed by atoms with Gasteiger partial charge >= 0.3 is 29.6 Å². The van der Waals surface area contributed by atoms with Crippen LogP contribution in [0.5, 0.6) is 0 Å². The fourth-order valence-corrected chi connectivity index (χ4v) is 0.670. The molecular weight excluding hydrogens is 151 g/mol. The van der Waals surface area contributed by atoms with E-state index in [0.717, 1.165) is 0 Å². The van der Waals surface area contributed by atoms with Gasteiger partial charge < -0.3 is 1.43 Å². The summed E-state index contributed by atoms with van der Waals surface area (Å²) in [5.74, 6) is -0.472. The number of carbonyl (C=O) groups is 2. The molecule has 1 aromatic rings. The maximum absolute atomic E-state index is 10.6. The normalized spacial score (nSPS) is 8.00. The van der Waals surface area contributed by atoms with E-state index in [1.54, 1.807) is 30.3 Å². The molecular formula is C8H7NaO2. The Labute approximate surface area is 88.4 Å². The molecule has 0 atom stereocenters. The second-order valence-corrected chi connectivity index (χ2v) is 1.85. The Morgan fingerprint density at radius 3 is 2.27 bits per heavy atom. The van der Waals surface area contributed by atoms with Gasteiger partial charge in [0.1, 0.15) is 0 Å². The number of rotatable bonds is 2. The zero-order valence-electron chi connectivity index (χ0n) is 7.28. The van der Waals surface area contributed by atoms with Crippen molar-refractivity contribution in [1.29, 1.82) is 0 Å². The fourth-order valence-electron chi connectivity index (χ4n) is 0.670. The average Bonchev–Trinajstić information content (AvgIpc) is 2.05. The zero-order valence-corrected chi connectivity index (χ0v) is 8.28. The molecule has 52 valence electrons. The van der Waals surface area contributed by atoms with Gasteiger partial charge in [0.2, 0.25) is 5.78 Å². The summed E-state index contributed by atoms with van der Waals surface area (Å²) in [6, 6.07) is 8.45. The van der Waals surface area contributed by atoms with E-state index in [9.17, 15) is 9.59 Å². The summed E-state index contributed by atoms with van der Waals surface area (Å²) in [5, 5.41) is 0. The van der Waals surface area contributed by atoms with Crippen LogP contribution < -0.4 is 29.6 Å². The average molecular weight is 158 g/mol. The number of hydrogen-bond donors (Lipinski definition) is 0. The Hall–Kier alpha value is -0.440. The zero-order chi connectivity index (χ0) is 7.40. The number of Topliss-reactive ketones (excluding diaryl/α,β-unsaturated/α-hetero) is 1. The monoisotopic (exact) mass is 158 g/mol. The molecule has 0 aliphatic rings. The third-order valence-electron chi connectivity index (χ3n) is 1.17. The summed E-state index contributed by atoms with van der Waals surface area (Å²) >= 11 is 0. The van der Waals surface area contributed by atoms with Gasteiger partial charge in [-0.1, -0.05) is 30.3 Å². The molecule has 0 heterocycles. The molecule has 2 nitrogen and oxygen atoms in total. The van der Waals surface area contributed by atoms with Crippen LogP contribution in [0.15, 0.2) is 30.3 Å². The molecule has 1 aromatic carbocycles. The van der Waals surface area contributed by atoms with Crippen molar-refractivity contribution in [1.82, 2.24) is 0 Å². The molecule has 0 amide bonds. The second-order valence-electron chi connectivity index (χ2n) is 1.85. The van der Waals surface area contributed by atoms with E-state index in [0.29, 0.717) is 11.8 Å². The third kappa shape index (κ3) is 2.97. The van der Waals surface area contributed by atoms with Crippen molar-refractivity contribution in [3.63, 3.8) is 0 Å². The molecule has 0 aromatic heterocycles. The van der Waals surface area contributed by atoms with Gasteiger partial charge in [0.05, 0.1) is 0 Å². The van der Waals surface area contributed by atoms with E-state index < -0.39 is 5.78 Å². The van der Waals surface area contributed by atoms with Crippen molar-refractivity contribution in [2.45, 2.75) is 0 Å². The van der Waals surface area contributed by atoms with Crippen molar-refractivity contribution >= 4 is 12.1 Å². The van der Waals surface area contributed by atoms with E-state index in [-0.39, 0.29) is 31.0 Å². The molecule has 0 spiro atoms. The van der Waals surface area contributed by atoms with Crippen molar-refractivity contribution in [2.75, 3.05) is 0 Å². The van der Waals surface area contributed by atoms with Crippen LogP contribution in [0.1, 0.15) is 11.8 Å². The van der Waals surface area contributed by atoms with Gasteiger partial charge in [-0.3, -0.25) is 9.59 Å². The van der Waals surface area contributed by atoms with Crippen LogP contribution in [-0.4, -0.2) is 12.1 Å². The standard InChI is InChI=1S/C8H6O2.Na.H/c9-6-8(10)7-4-2-1-3-5-7;;/h1-6H;;/q;+1;-1. The van der Waals surface area contributed by atoms with Crippen LogP contribution in [0.3, 0.4) is 0 Å². The summed E-state index contributed by atoms with van der Waals surface area (Å²) in [6.07, 6.45) is 0.315. The molecule has 0 bridgehead atoms. The first kappa shape index (κ1) is 10.6. The maximum atomic E-state index is 10.6. The smallest absolute Gasteiger partial charge is 1.00 e. The minimum absolute atomic E-state index is 0. The Morgan fingerprint density at radius 2 is 1.82 bits per heavy atom. The van der Waals surface area contributed by atoms with Gasteiger partial charge in [-0.15, -0.1) is 0 Å². The van der Waals surface area contributed by atoms with Gasteiger partial charge in [0.25, 0.3) is 0 Å². The third-order valence-corrected chi connectivity index (χ3v) is 1.17. The van der Waals surface area contributed by atoms with Gasteiger partial charge in [-0.25, -0.2) is 0 Å². The first-order chi connectivity index (χ1) is 4.84. The van der Waals surface area contributed by atoms with Gasteiger partial charge in [0, 0.05) is 5.56 Å². The Kier molecular flexibility index (Phi) is 5.03. The molecule has 0 radical (unpaired) electrons. The summed E-state index contributed by atoms with van der Waals surface area (Å²) in [7, 11) is 0. The largest absolute Gasteiger partial charge is 1.00 e. The van der Waals surface area contributed by atoms with Crippen LogP contribution in [0.2, 0.25) is 0 Å². The fraction of sp³-hybridized carbons (Fsp3) is 0. The molecule has 11 heavy (non-hydrogen) atoms. The molecule has 0 unspecified atom stereocenters. The molecule has 0 aliphatic heterocycles. The number of carbonyl (C=O) groups excluding carboxylic acids is 2. The summed E-state index contributed by atoms with van der Waals surface area (Å²) in [4.78, 5) is 20.6. The second kappa shape index (κ2) is 5.24. The van der Waals surface area contributed by atoms with E-state index in [4.69, 9.17) is 0 Å². The van der Waals surface area contributed by atoms with Crippen LogP contribution in [0, 0.1) is 0 Å². The SMILES string of the molecule is O=CC(=O)c1ccccc1.[H-].[Na+]. The van der Waals surface area contributed by atoms with Crippen LogP contribution in [0.25, 0.3) is 0 Å². The minimum Gasteiger partial charge on any atom is -1.00 e. The van der Waals surface area contributed by atoms with Crippen molar-refractivity contribution < 1.29 is 40.6 Å². The number of aldehydes is 1. The summed E-state index contributed by atoms with van der Waals surface area (Å²) < 4.78 is 0. The Balaban J connectivity index is 0. The number of ketones is 1. The molecule has 3 heteroatoms. The topological polar surface area (TPSA) is 34.1 Å². The van der Waals surface area contributed by atoms with Gasteiger partial charge in [-0.2, -0.15) is 0 Å². The van der Waals surface area contributed by atoms with Crippen molar-refractivity contribution in [2.24, 2.45) is 0 Å². The predicted molar refractivity (Wildman–Crippen MR) is 37.9 cm³/mol. The quantitative estimate of drug-likeness (QED) is 0.220. The molecule has 0 saturated heterocycles. The van der Waals surface area contributed by atoms with E-state index >= 15 is 0 Å². The molecule has 0 saturated carbocycles. The molecule has 0 N–H and O–H groups in total. The first-order valence-corrected chi connectivity index (χ1v) is 2.89. The van der Waals surface area contributed by atoms with E-state index in [1.165, 1.54) is 0 Å². The van der Waals surface area contributed by atoms with Crippen molar-refractivity contribution in [3.05, 3.63) is 35.9 Å². The van der Waals surface area contributed by atoms with Crippen LogP contribution >= 0.6 is 0 Å². The van der Waals surface area contributed by atoms with Crippen molar-refractivity contribution in [3.8, 4) is 0 Å². The number of hydrogen-bond acceptors (Lipinski definition) is 2. The van der Waals surface area contributed by atoms with Crippen LogP contribution in [0.4, 0.5) is 0 Å². The predicted octanol–water partition coefficient (Wildman–Crippen LogP) is -1.82. The van der Waals surface area contributed by atoms with Gasteiger partial charge in [-0.05, 0) is 0 Å². The molecule has 1 rings (SSSR count). The summed E-state index contributed by atoms with van der Waals surface area (Å²) in [5.41, 5.74) is 0.442. The molecule has 0 aliphatic carbocycles. The van der Waals surface area contributed by atoms with Gasteiger partial charge in [0.15, 0.2) is 6.29 Å². The maximum Gasteiger partial charge on any atom is 1.00 e. The van der Waals surface area contributed by atoms with Crippen LogP contribution in [-0.2, 0) is 4.79 Å².